The molecule has 144 valence electrons. The number of carbonyl (C=O) groups is 1. The van der Waals surface area contributed by atoms with Crippen molar-refractivity contribution in [3.63, 3.8) is 0 Å². The zero-order valence-corrected chi connectivity index (χ0v) is 17.2. The van der Waals surface area contributed by atoms with E-state index in [0.717, 1.165) is 26.1 Å². The fourth-order valence-corrected chi connectivity index (χ4v) is 2.91. The van der Waals surface area contributed by atoms with E-state index in [4.69, 9.17) is 0 Å². The van der Waals surface area contributed by atoms with E-state index in [1.165, 1.54) is 17.5 Å². The zero-order valence-electron chi connectivity index (χ0n) is 15.6. The highest BCUT2D eigenvalue weighted by Crippen LogP contribution is 2.15. The lowest BCUT2D eigenvalue weighted by Gasteiger charge is -2.22. The Morgan fingerprint density at radius 1 is 1.28 bits per heavy atom. The van der Waals surface area contributed by atoms with Crippen LogP contribution in [0.2, 0.25) is 0 Å². The molecular weight excluding hydrogens is 357 g/mol. The molecule has 0 aliphatic carbocycles. The molecule has 1 saturated heterocycles. The summed E-state index contributed by atoms with van der Waals surface area (Å²) in [5.74, 6) is 0.844. The second-order valence-corrected chi connectivity index (χ2v) is 6.95. The van der Waals surface area contributed by atoms with Crippen molar-refractivity contribution < 1.29 is 4.79 Å². The van der Waals surface area contributed by atoms with Crippen molar-refractivity contribution in [2.45, 2.75) is 52.2 Å². The van der Waals surface area contributed by atoms with Crippen LogP contribution in [0.1, 0.15) is 44.2 Å². The largest absolute Gasteiger partial charge is 0.352 e. The Labute approximate surface area is 164 Å². The molecule has 1 aliphatic rings. The van der Waals surface area contributed by atoms with Crippen LogP contribution in [0, 0.1) is 5.92 Å². The molecule has 2 N–H and O–H groups in total. The molecule has 1 atom stereocenters. The van der Waals surface area contributed by atoms with Gasteiger partial charge in [0, 0.05) is 25.6 Å². The highest BCUT2D eigenvalue weighted by atomic mass is 35.5. The summed E-state index contributed by atoms with van der Waals surface area (Å²) in [6.07, 6.45) is 2.84. The molecule has 1 aliphatic heterocycles. The van der Waals surface area contributed by atoms with Crippen LogP contribution in [0.3, 0.4) is 0 Å². The molecule has 25 heavy (non-hydrogen) atoms. The predicted octanol–water partition coefficient (Wildman–Crippen LogP) is 3.38. The molecule has 1 aromatic rings. The third-order valence-corrected chi connectivity index (χ3v) is 4.84. The number of hydrogen-bond acceptors (Lipinski definition) is 3. The van der Waals surface area contributed by atoms with Crippen LogP contribution in [0.4, 0.5) is 0 Å². The van der Waals surface area contributed by atoms with Crippen LogP contribution in [0.5, 0.6) is 0 Å². The molecule has 0 aromatic heterocycles. The van der Waals surface area contributed by atoms with Crippen LogP contribution in [0.15, 0.2) is 24.3 Å². The average Bonchev–Trinajstić information content (AvgIpc) is 3.05. The molecule has 1 amide bonds. The van der Waals surface area contributed by atoms with Crippen molar-refractivity contribution in [1.82, 2.24) is 15.5 Å². The number of rotatable bonds is 8. The van der Waals surface area contributed by atoms with E-state index in [1.54, 1.807) is 0 Å². The van der Waals surface area contributed by atoms with E-state index < -0.39 is 0 Å². The topological polar surface area (TPSA) is 44.4 Å². The van der Waals surface area contributed by atoms with Crippen LogP contribution < -0.4 is 10.6 Å². The third kappa shape index (κ3) is 8.41. The minimum Gasteiger partial charge on any atom is -0.352 e. The molecule has 1 unspecified atom stereocenters. The average molecular weight is 390 g/mol. The lowest BCUT2D eigenvalue weighted by atomic mass is 10.0. The van der Waals surface area contributed by atoms with E-state index in [0.29, 0.717) is 24.9 Å². The van der Waals surface area contributed by atoms with Crippen LogP contribution in [-0.2, 0) is 17.9 Å². The minimum absolute atomic E-state index is 0. The van der Waals surface area contributed by atoms with Crippen molar-refractivity contribution in [3.05, 3.63) is 35.4 Å². The van der Waals surface area contributed by atoms with Gasteiger partial charge in [0.1, 0.15) is 0 Å². The summed E-state index contributed by atoms with van der Waals surface area (Å²) in [4.78, 5) is 14.4. The zero-order chi connectivity index (χ0) is 16.7. The standard InChI is InChI=1S/C19H31N3O.2ClH/c1-15(2)22(3)14-18-7-5-4-6-17(18)13-21-19(23)9-8-16-10-11-20-12-16;;/h4-7,15-16,20H,8-14H2,1-3H3,(H,21,23);2*1H. The van der Waals surface area contributed by atoms with Gasteiger partial charge < -0.3 is 10.6 Å². The fourth-order valence-electron chi connectivity index (χ4n) is 2.91. The molecule has 0 radical (unpaired) electrons. The minimum atomic E-state index is 0. The molecule has 1 fully saturated rings. The first kappa shape index (κ1) is 24.2. The molecule has 0 saturated carbocycles. The molecule has 6 heteroatoms. The molecule has 1 aromatic carbocycles. The van der Waals surface area contributed by atoms with Gasteiger partial charge in [-0.1, -0.05) is 24.3 Å². The van der Waals surface area contributed by atoms with E-state index in [-0.39, 0.29) is 30.7 Å². The molecule has 1 heterocycles. The number of nitrogens with zero attached hydrogens (tertiary/aromatic N) is 1. The summed E-state index contributed by atoms with van der Waals surface area (Å²) in [7, 11) is 2.13. The first-order chi connectivity index (χ1) is 11.1. The van der Waals surface area contributed by atoms with Crippen LogP contribution in [-0.4, -0.2) is 37.0 Å². The van der Waals surface area contributed by atoms with Gasteiger partial charge in [-0.2, -0.15) is 0 Å². The Kier molecular flexibility index (Phi) is 12.1. The van der Waals surface area contributed by atoms with Crippen molar-refractivity contribution >= 4 is 30.7 Å². The molecule has 0 bridgehead atoms. The highest BCUT2D eigenvalue weighted by Gasteiger charge is 2.15. The first-order valence-electron chi connectivity index (χ1n) is 8.80. The smallest absolute Gasteiger partial charge is 0.220 e. The van der Waals surface area contributed by atoms with Gasteiger partial charge in [0.25, 0.3) is 0 Å². The van der Waals surface area contributed by atoms with Crippen molar-refractivity contribution in [3.8, 4) is 0 Å². The van der Waals surface area contributed by atoms with Gasteiger partial charge in [-0.05, 0) is 63.9 Å². The molecule has 0 spiro atoms. The monoisotopic (exact) mass is 389 g/mol. The Morgan fingerprint density at radius 2 is 1.96 bits per heavy atom. The summed E-state index contributed by atoms with van der Waals surface area (Å²) < 4.78 is 0. The lowest BCUT2D eigenvalue weighted by molar-refractivity contribution is -0.121. The van der Waals surface area contributed by atoms with Gasteiger partial charge in [-0.25, -0.2) is 0 Å². The van der Waals surface area contributed by atoms with Gasteiger partial charge in [0.15, 0.2) is 0 Å². The number of hydrogen-bond donors (Lipinski definition) is 2. The molecule has 2 rings (SSSR count). The van der Waals surface area contributed by atoms with Crippen LogP contribution in [0.25, 0.3) is 0 Å². The van der Waals surface area contributed by atoms with Gasteiger partial charge in [-0.15, -0.1) is 24.8 Å². The van der Waals surface area contributed by atoms with Gasteiger partial charge >= 0.3 is 0 Å². The Hall–Kier alpha value is -0.810. The molecular formula is C19H33Cl2N3O. The maximum Gasteiger partial charge on any atom is 0.220 e. The van der Waals surface area contributed by atoms with Gasteiger partial charge in [0.2, 0.25) is 5.91 Å². The van der Waals surface area contributed by atoms with Gasteiger partial charge in [-0.3, -0.25) is 9.69 Å². The number of carbonyl (C=O) groups excluding carboxylic acids is 1. The second kappa shape index (κ2) is 12.5. The maximum absolute atomic E-state index is 12.1. The number of benzene rings is 1. The SMILES string of the molecule is CC(C)N(C)Cc1ccccc1CNC(=O)CCC1CCNC1.Cl.Cl. The Morgan fingerprint density at radius 3 is 2.56 bits per heavy atom. The summed E-state index contributed by atoms with van der Waals surface area (Å²) in [5.41, 5.74) is 2.51. The summed E-state index contributed by atoms with van der Waals surface area (Å²) in [5, 5.41) is 6.44. The normalized spacial score (nSPS) is 16.4. The third-order valence-electron chi connectivity index (χ3n) is 4.84. The maximum atomic E-state index is 12.1. The number of halogens is 2. The predicted molar refractivity (Wildman–Crippen MR) is 110 cm³/mol. The quantitative estimate of drug-likeness (QED) is 0.715. The second-order valence-electron chi connectivity index (χ2n) is 6.95. The summed E-state index contributed by atoms with van der Waals surface area (Å²) in [6.45, 7) is 8.10. The molecule has 4 nitrogen and oxygen atoms in total. The number of nitrogens with one attached hydrogen (secondary N) is 2. The van der Waals surface area contributed by atoms with E-state index in [9.17, 15) is 4.79 Å². The highest BCUT2D eigenvalue weighted by molar-refractivity contribution is 5.85. The van der Waals surface area contributed by atoms with Crippen molar-refractivity contribution in [1.29, 1.82) is 0 Å². The Bertz CT molecular complexity index is 505. The van der Waals surface area contributed by atoms with E-state index in [2.05, 4.69) is 54.6 Å². The van der Waals surface area contributed by atoms with Crippen molar-refractivity contribution in [2.75, 3.05) is 20.1 Å². The summed E-state index contributed by atoms with van der Waals surface area (Å²) in [6, 6.07) is 8.90. The lowest BCUT2D eigenvalue weighted by Crippen LogP contribution is -2.28. The van der Waals surface area contributed by atoms with E-state index in [1.807, 2.05) is 6.07 Å². The first-order valence-corrected chi connectivity index (χ1v) is 8.80. The van der Waals surface area contributed by atoms with Crippen LogP contribution >= 0.6 is 24.8 Å². The fraction of sp³-hybridized carbons (Fsp3) is 0.632. The number of amides is 1. The van der Waals surface area contributed by atoms with Crippen molar-refractivity contribution in [2.24, 2.45) is 5.92 Å². The summed E-state index contributed by atoms with van der Waals surface area (Å²) >= 11 is 0. The van der Waals surface area contributed by atoms with E-state index >= 15 is 0 Å². The Balaban J connectivity index is 0.00000288. The van der Waals surface area contributed by atoms with Gasteiger partial charge in [0.05, 0.1) is 0 Å².